The summed E-state index contributed by atoms with van der Waals surface area (Å²) in [5.41, 5.74) is 1.28. The summed E-state index contributed by atoms with van der Waals surface area (Å²) in [5.74, 6) is 0. The fraction of sp³-hybridized carbons (Fsp3) is 0.368. The van der Waals surface area contributed by atoms with Crippen LogP contribution in [0.25, 0.3) is 22.8 Å². The molecule has 2 heterocycles. The topological polar surface area (TPSA) is 110 Å². The molecule has 0 unspecified atom stereocenters. The highest BCUT2D eigenvalue weighted by molar-refractivity contribution is 7.98. The summed E-state index contributed by atoms with van der Waals surface area (Å²) < 4.78 is 49.3. The molecule has 2 aromatic carbocycles. The van der Waals surface area contributed by atoms with Crippen LogP contribution >= 0.6 is 12.0 Å². The summed E-state index contributed by atoms with van der Waals surface area (Å²) in [6, 6.07) is 15.1. The molecule has 278 valence electrons. The van der Waals surface area contributed by atoms with Crippen LogP contribution in [0.5, 0.6) is 0 Å². The fourth-order valence-corrected chi connectivity index (χ4v) is 6.08. The molecule has 14 heteroatoms. The van der Waals surface area contributed by atoms with E-state index in [2.05, 4.69) is 32.7 Å². The third kappa shape index (κ3) is 10.8. The van der Waals surface area contributed by atoms with Crippen LogP contribution in [0.15, 0.2) is 89.7 Å². The maximum Gasteiger partial charge on any atom is 0.416 e. The highest BCUT2D eigenvalue weighted by Crippen LogP contribution is 2.32. The Labute approximate surface area is 307 Å². The lowest BCUT2D eigenvalue weighted by molar-refractivity contribution is -0.137. The van der Waals surface area contributed by atoms with Crippen molar-refractivity contribution in [3.8, 4) is 28.8 Å². The number of benzene rings is 2. The number of alkyl halides is 3. The molecule has 2 aromatic heterocycles. The molecule has 1 N–H and O–H groups in total. The lowest BCUT2D eigenvalue weighted by atomic mass is 9.96. The normalized spacial score (nSPS) is 12.9. The molecular weight excluding hydrogens is 692 g/mol. The zero-order valence-electron chi connectivity index (χ0n) is 30.2. The number of imidazole rings is 1. The fourth-order valence-electron chi connectivity index (χ4n) is 5.80. The summed E-state index contributed by atoms with van der Waals surface area (Å²) in [5, 5.41) is 14.9. The van der Waals surface area contributed by atoms with Crippen molar-refractivity contribution >= 4 is 18.1 Å². The molecule has 10 nitrogen and oxygen atoms in total. The number of nitrogens with one attached hydrogen (secondary N) is 1. The molecule has 0 aliphatic heterocycles. The van der Waals surface area contributed by atoms with Crippen LogP contribution in [-0.4, -0.2) is 63.6 Å². The third-order valence-electron chi connectivity index (χ3n) is 8.20. The van der Waals surface area contributed by atoms with Gasteiger partial charge in [-0.1, -0.05) is 62.8 Å². The molecule has 1 aliphatic rings. The predicted molar refractivity (Wildman–Crippen MR) is 201 cm³/mol. The average molecular weight is 738 g/mol. The van der Waals surface area contributed by atoms with Crippen LogP contribution in [-0.2, 0) is 16.8 Å². The minimum Gasteiger partial charge on any atom is -0.335 e. The first kappa shape index (κ1) is 41.6. The Morgan fingerprint density at radius 2 is 1.83 bits per heavy atom. The third-order valence-corrected chi connectivity index (χ3v) is 8.75. The van der Waals surface area contributed by atoms with E-state index in [1.165, 1.54) is 35.7 Å². The largest absolute Gasteiger partial charge is 0.416 e. The highest BCUT2D eigenvalue weighted by Gasteiger charge is 2.32. The van der Waals surface area contributed by atoms with E-state index in [0.717, 1.165) is 77.9 Å². The molecule has 0 radical (unpaired) electrons. The second-order valence-electron chi connectivity index (χ2n) is 12.2. The van der Waals surface area contributed by atoms with Crippen molar-refractivity contribution in [1.29, 1.82) is 5.26 Å². The Morgan fingerprint density at radius 1 is 1.15 bits per heavy atom. The van der Waals surface area contributed by atoms with Crippen LogP contribution in [0, 0.1) is 18.3 Å². The summed E-state index contributed by atoms with van der Waals surface area (Å²) in [4.78, 5) is 30.7. The summed E-state index contributed by atoms with van der Waals surface area (Å²) in [6.45, 7) is 10.9. The van der Waals surface area contributed by atoms with Gasteiger partial charge in [0.15, 0.2) is 0 Å². The van der Waals surface area contributed by atoms with Gasteiger partial charge in [-0.25, -0.2) is 18.8 Å². The van der Waals surface area contributed by atoms with Crippen LogP contribution in [0.4, 0.5) is 18.0 Å². The van der Waals surface area contributed by atoms with E-state index in [-0.39, 0.29) is 17.4 Å². The van der Waals surface area contributed by atoms with Gasteiger partial charge in [0.25, 0.3) is 0 Å². The molecule has 1 amide bonds. The zero-order valence-corrected chi connectivity index (χ0v) is 31.1. The van der Waals surface area contributed by atoms with Crippen molar-refractivity contribution in [2.45, 2.75) is 64.6 Å². The predicted octanol–water partition coefficient (Wildman–Crippen LogP) is 8.32. The van der Waals surface area contributed by atoms with Gasteiger partial charge in [-0.3, -0.25) is 4.57 Å². The SMILES string of the molecule is C=CC(=C)SOC.CC#N.Cc1c(-c2ccnn2-c2ccccc2CCN(C)C)n(C(=O)NC2CCCCC2)c(=O)n1-c1cccc(C(F)(F)F)c1. The van der Waals surface area contributed by atoms with Gasteiger partial charge in [-0.05, 0) is 76.2 Å². The first-order valence-corrected chi connectivity index (χ1v) is 17.5. The summed E-state index contributed by atoms with van der Waals surface area (Å²) >= 11 is 1.22. The van der Waals surface area contributed by atoms with Crippen molar-refractivity contribution in [3.63, 3.8) is 0 Å². The van der Waals surface area contributed by atoms with E-state index in [0.29, 0.717) is 11.4 Å². The lowest BCUT2D eigenvalue weighted by Crippen LogP contribution is -2.43. The smallest absolute Gasteiger partial charge is 0.335 e. The minimum atomic E-state index is -4.59. The average Bonchev–Trinajstić information content (AvgIpc) is 3.69. The number of nitriles is 1. The van der Waals surface area contributed by atoms with Crippen molar-refractivity contribution in [2.75, 3.05) is 27.7 Å². The monoisotopic (exact) mass is 737 g/mol. The van der Waals surface area contributed by atoms with E-state index in [1.807, 2.05) is 38.4 Å². The molecule has 0 saturated heterocycles. The van der Waals surface area contributed by atoms with Crippen LogP contribution in [0.2, 0.25) is 0 Å². The Kier molecular flexibility index (Phi) is 15.7. The Bertz CT molecular complexity index is 1920. The summed E-state index contributed by atoms with van der Waals surface area (Å²) in [7, 11) is 5.58. The standard InChI is InChI=1S/C31H35F3N6O2.C5H8OS.C2H3N/c1-21-28(27-16-18-35-40(27)26-15-8-7-10-22(26)17-19-37(2)3)39(29(41)36-24-12-5-4-6-13-24)30(42)38(21)25-14-9-11-23(20-25)31(32,33)34;1-4-5(2)7-6-3;1-2-3/h7-11,14-16,18,20,24H,4-6,12-13,17,19H2,1-3H3,(H,36,41);4H,1-2H2,3H3;1H3. The maximum absolute atomic E-state index is 14.0. The van der Waals surface area contributed by atoms with Gasteiger partial charge < -0.3 is 14.4 Å². The molecule has 0 bridgehead atoms. The summed E-state index contributed by atoms with van der Waals surface area (Å²) in [6.07, 6.45) is 4.05. The number of hydrogen-bond donors (Lipinski definition) is 1. The molecule has 4 aromatic rings. The van der Waals surface area contributed by atoms with Gasteiger partial charge in [-0.15, -0.1) is 0 Å². The minimum absolute atomic E-state index is 0.0234. The van der Waals surface area contributed by atoms with Gasteiger partial charge in [0.2, 0.25) is 0 Å². The number of amides is 1. The Balaban J connectivity index is 0.000000645. The van der Waals surface area contributed by atoms with Gasteiger partial charge in [-0.2, -0.15) is 23.5 Å². The molecule has 1 saturated carbocycles. The number of halogens is 3. The van der Waals surface area contributed by atoms with Crippen LogP contribution in [0.1, 0.15) is 55.8 Å². The van der Waals surface area contributed by atoms with Gasteiger partial charge >= 0.3 is 17.9 Å². The molecular formula is C38H46F3N7O3S. The number of rotatable bonds is 10. The van der Waals surface area contributed by atoms with Crippen molar-refractivity contribution in [2.24, 2.45) is 0 Å². The number of aromatic nitrogens is 4. The lowest BCUT2D eigenvalue weighted by Gasteiger charge is -2.23. The number of carbonyl (C=O) groups excluding carboxylic acids is 1. The quantitative estimate of drug-likeness (QED) is 0.129. The van der Waals surface area contributed by atoms with Crippen molar-refractivity contribution in [3.05, 3.63) is 112 Å². The number of hydrogen-bond acceptors (Lipinski definition) is 7. The van der Waals surface area contributed by atoms with Crippen LogP contribution < -0.4 is 11.0 Å². The van der Waals surface area contributed by atoms with Crippen LogP contribution in [0.3, 0.4) is 0 Å². The van der Waals surface area contributed by atoms with E-state index >= 15 is 0 Å². The van der Waals surface area contributed by atoms with E-state index in [9.17, 15) is 22.8 Å². The van der Waals surface area contributed by atoms with E-state index in [1.54, 1.807) is 43.1 Å². The van der Waals surface area contributed by atoms with Gasteiger partial charge in [0, 0.05) is 36.5 Å². The molecule has 0 spiro atoms. The number of carbonyl (C=O) groups is 1. The van der Waals surface area contributed by atoms with Crippen molar-refractivity contribution in [1.82, 2.24) is 29.1 Å². The maximum atomic E-state index is 14.0. The van der Waals surface area contributed by atoms with Gasteiger partial charge in [0.05, 0.1) is 47.7 Å². The Hall–Kier alpha value is -4.84. The van der Waals surface area contributed by atoms with E-state index in [4.69, 9.17) is 5.26 Å². The number of likely N-dealkylation sites (N-methyl/N-ethyl adjacent to an activating group) is 1. The second kappa shape index (κ2) is 19.7. The highest BCUT2D eigenvalue weighted by atomic mass is 32.2. The molecule has 0 atom stereocenters. The zero-order chi connectivity index (χ0) is 38.4. The molecule has 52 heavy (non-hydrogen) atoms. The number of para-hydroxylation sites is 1. The second-order valence-corrected chi connectivity index (χ2v) is 13.2. The van der Waals surface area contributed by atoms with Gasteiger partial charge in [0.1, 0.15) is 5.69 Å². The first-order chi connectivity index (χ1) is 24.8. The Morgan fingerprint density at radius 3 is 2.42 bits per heavy atom. The number of nitrogens with zero attached hydrogens (tertiary/aromatic N) is 6. The van der Waals surface area contributed by atoms with Crippen molar-refractivity contribution < 1.29 is 22.1 Å². The molecule has 1 fully saturated rings. The number of allylic oxidation sites excluding steroid dienone is 1. The molecule has 5 rings (SSSR count). The van der Waals surface area contributed by atoms with E-state index < -0.39 is 23.5 Å². The first-order valence-electron chi connectivity index (χ1n) is 16.7. The molecule has 1 aliphatic carbocycles.